The van der Waals surface area contributed by atoms with Crippen molar-refractivity contribution in [1.29, 1.82) is 0 Å². The molecular formula is C17H15FN4O. The van der Waals surface area contributed by atoms with Crippen LogP contribution in [0.15, 0.2) is 59.4 Å². The number of halogens is 1. The molecule has 1 aromatic heterocycles. The summed E-state index contributed by atoms with van der Waals surface area (Å²) in [6.07, 6.45) is 0. The van der Waals surface area contributed by atoms with Crippen LogP contribution in [0.4, 0.5) is 15.8 Å². The van der Waals surface area contributed by atoms with Gasteiger partial charge in [0.05, 0.1) is 23.6 Å². The molecule has 0 saturated heterocycles. The van der Waals surface area contributed by atoms with Gasteiger partial charge in [0.15, 0.2) is 0 Å². The molecule has 5 nitrogen and oxygen atoms in total. The van der Waals surface area contributed by atoms with Crippen LogP contribution in [0.25, 0.3) is 11.3 Å². The molecule has 0 aliphatic heterocycles. The van der Waals surface area contributed by atoms with E-state index in [2.05, 4.69) is 5.10 Å². The summed E-state index contributed by atoms with van der Waals surface area (Å²) in [4.78, 5) is 12.0. The molecule has 0 aliphatic carbocycles. The second kappa shape index (κ2) is 5.92. The normalized spacial score (nSPS) is 10.7. The van der Waals surface area contributed by atoms with Gasteiger partial charge in [-0.15, -0.1) is 0 Å². The van der Waals surface area contributed by atoms with Crippen LogP contribution in [0.3, 0.4) is 0 Å². The van der Waals surface area contributed by atoms with Gasteiger partial charge in [-0.3, -0.25) is 4.79 Å². The fourth-order valence-corrected chi connectivity index (χ4v) is 2.26. The minimum absolute atomic E-state index is 0.249. The fourth-order valence-electron chi connectivity index (χ4n) is 2.26. The van der Waals surface area contributed by atoms with Gasteiger partial charge in [-0.1, -0.05) is 18.2 Å². The molecule has 3 aromatic rings. The van der Waals surface area contributed by atoms with Gasteiger partial charge in [0.25, 0.3) is 5.56 Å². The maximum Gasteiger partial charge on any atom is 0.267 e. The number of aromatic nitrogens is 2. The van der Waals surface area contributed by atoms with Crippen molar-refractivity contribution in [3.8, 4) is 11.3 Å². The molecule has 0 fully saturated rings. The molecule has 23 heavy (non-hydrogen) atoms. The Morgan fingerprint density at radius 1 is 1.00 bits per heavy atom. The molecule has 2 aromatic carbocycles. The molecule has 116 valence electrons. The van der Waals surface area contributed by atoms with E-state index in [-0.39, 0.29) is 17.9 Å². The predicted octanol–water partition coefficient (Wildman–Crippen LogP) is 2.26. The highest BCUT2D eigenvalue weighted by atomic mass is 19.1. The van der Waals surface area contributed by atoms with Gasteiger partial charge >= 0.3 is 0 Å². The van der Waals surface area contributed by atoms with Gasteiger partial charge in [0, 0.05) is 11.6 Å². The van der Waals surface area contributed by atoms with Crippen molar-refractivity contribution in [1.82, 2.24) is 9.78 Å². The third-order valence-corrected chi connectivity index (χ3v) is 3.47. The third-order valence-electron chi connectivity index (χ3n) is 3.47. The highest BCUT2D eigenvalue weighted by molar-refractivity contribution is 5.64. The van der Waals surface area contributed by atoms with Crippen molar-refractivity contribution < 1.29 is 4.39 Å². The second-order valence-corrected chi connectivity index (χ2v) is 5.19. The number of nitrogens with zero attached hydrogens (tertiary/aromatic N) is 2. The van der Waals surface area contributed by atoms with E-state index in [1.54, 1.807) is 36.4 Å². The SMILES string of the molecule is Nc1ccc(Cn2nc(-c3cccc(F)c3)ccc2=O)cc1N. The predicted molar refractivity (Wildman–Crippen MR) is 88.3 cm³/mol. The van der Waals surface area contributed by atoms with Crippen molar-refractivity contribution in [2.24, 2.45) is 0 Å². The summed E-state index contributed by atoms with van der Waals surface area (Å²) < 4.78 is 14.7. The van der Waals surface area contributed by atoms with E-state index in [9.17, 15) is 9.18 Å². The molecule has 0 unspecified atom stereocenters. The topological polar surface area (TPSA) is 86.9 Å². The van der Waals surface area contributed by atoms with Crippen LogP contribution in [0, 0.1) is 5.82 Å². The molecule has 4 N–H and O–H groups in total. The minimum Gasteiger partial charge on any atom is -0.397 e. The summed E-state index contributed by atoms with van der Waals surface area (Å²) >= 11 is 0. The zero-order chi connectivity index (χ0) is 16.4. The summed E-state index contributed by atoms with van der Waals surface area (Å²) in [5, 5.41) is 4.30. The lowest BCUT2D eigenvalue weighted by Gasteiger charge is -2.09. The summed E-state index contributed by atoms with van der Waals surface area (Å²) in [5.74, 6) is -0.353. The number of rotatable bonds is 3. The quantitative estimate of drug-likeness (QED) is 0.726. The van der Waals surface area contributed by atoms with Crippen molar-refractivity contribution >= 4 is 11.4 Å². The van der Waals surface area contributed by atoms with Gasteiger partial charge in [-0.25, -0.2) is 9.07 Å². The highest BCUT2D eigenvalue weighted by Crippen LogP contribution is 2.18. The molecule has 3 rings (SSSR count). The van der Waals surface area contributed by atoms with Crippen molar-refractivity contribution in [3.05, 3.63) is 76.3 Å². The lowest BCUT2D eigenvalue weighted by atomic mass is 10.1. The molecule has 0 radical (unpaired) electrons. The lowest BCUT2D eigenvalue weighted by Crippen LogP contribution is -2.22. The number of hydrogen-bond donors (Lipinski definition) is 2. The average Bonchev–Trinajstić information content (AvgIpc) is 2.53. The summed E-state index contributed by atoms with van der Waals surface area (Å²) in [7, 11) is 0. The molecule has 1 heterocycles. The van der Waals surface area contributed by atoms with Gasteiger partial charge in [-0.2, -0.15) is 5.10 Å². The molecule has 0 spiro atoms. The number of nitrogen functional groups attached to an aromatic ring is 2. The van der Waals surface area contributed by atoms with Crippen LogP contribution in [0.1, 0.15) is 5.56 Å². The Kier molecular flexibility index (Phi) is 3.80. The van der Waals surface area contributed by atoms with E-state index in [4.69, 9.17) is 11.5 Å². The number of nitrogens with two attached hydrogens (primary N) is 2. The first kappa shape index (κ1) is 14.8. The number of anilines is 2. The number of benzene rings is 2. The Bertz CT molecular complexity index is 920. The molecule has 0 saturated carbocycles. The van der Waals surface area contributed by atoms with E-state index in [1.807, 2.05) is 0 Å². The maximum atomic E-state index is 13.3. The van der Waals surface area contributed by atoms with Crippen LogP contribution in [0.2, 0.25) is 0 Å². The number of hydrogen-bond acceptors (Lipinski definition) is 4. The third kappa shape index (κ3) is 3.21. The van der Waals surface area contributed by atoms with E-state index in [0.717, 1.165) is 5.56 Å². The van der Waals surface area contributed by atoms with Crippen LogP contribution in [0.5, 0.6) is 0 Å². The van der Waals surface area contributed by atoms with Crippen molar-refractivity contribution in [2.45, 2.75) is 6.54 Å². The molecule has 0 bridgehead atoms. The molecule has 0 aliphatic rings. The monoisotopic (exact) mass is 310 g/mol. The molecule has 6 heteroatoms. The fraction of sp³-hybridized carbons (Fsp3) is 0.0588. The Hall–Kier alpha value is -3.15. The zero-order valence-corrected chi connectivity index (χ0v) is 12.2. The van der Waals surface area contributed by atoms with Crippen LogP contribution in [-0.2, 0) is 6.54 Å². The largest absolute Gasteiger partial charge is 0.397 e. The zero-order valence-electron chi connectivity index (χ0n) is 12.2. The van der Waals surface area contributed by atoms with Crippen molar-refractivity contribution in [2.75, 3.05) is 11.5 Å². The van der Waals surface area contributed by atoms with Gasteiger partial charge in [0.2, 0.25) is 0 Å². The second-order valence-electron chi connectivity index (χ2n) is 5.19. The standard InChI is InChI=1S/C17H15FN4O/c18-13-3-1-2-12(9-13)16-6-7-17(23)22(21-16)10-11-4-5-14(19)15(20)8-11/h1-9H,10,19-20H2. The van der Waals surface area contributed by atoms with Crippen LogP contribution in [-0.4, -0.2) is 9.78 Å². The minimum atomic E-state index is -0.353. The first-order chi connectivity index (χ1) is 11.0. The van der Waals surface area contributed by atoms with E-state index >= 15 is 0 Å². The van der Waals surface area contributed by atoms with Crippen LogP contribution >= 0.6 is 0 Å². The molecule has 0 atom stereocenters. The van der Waals surface area contributed by atoms with Crippen LogP contribution < -0.4 is 17.0 Å². The van der Waals surface area contributed by atoms with E-state index in [0.29, 0.717) is 22.6 Å². The first-order valence-corrected chi connectivity index (χ1v) is 7.01. The summed E-state index contributed by atoms with van der Waals surface area (Å²) in [6, 6.07) is 14.2. The smallest absolute Gasteiger partial charge is 0.267 e. The van der Waals surface area contributed by atoms with E-state index in [1.165, 1.54) is 22.9 Å². The maximum absolute atomic E-state index is 13.3. The molecular weight excluding hydrogens is 295 g/mol. The Balaban J connectivity index is 1.97. The molecule has 0 amide bonds. The highest BCUT2D eigenvalue weighted by Gasteiger charge is 2.06. The van der Waals surface area contributed by atoms with Gasteiger partial charge in [-0.05, 0) is 35.9 Å². The average molecular weight is 310 g/mol. The van der Waals surface area contributed by atoms with Gasteiger partial charge in [0.1, 0.15) is 5.82 Å². The first-order valence-electron chi connectivity index (χ1n) is 7.01. The lowest BCUT2D eigenvalue weighted by molar-refractivity contribution is 0.626. The Labute approximate surface area is 132 Å². The Morgan fingerprint density at radius 3 is 2.57 bits per heavy atom. The van der Waals surface area contributed by atoms with Gasteiger partial charge < -0.3 is 11.5 Å². The Morgan fingerprint density at radius 2 is 1.83 bits per heavy atom. The van der Waals surface area contributed by atoms with E-state index < -0.39 is 0 Å². The summed E-state index contributed by atoms with van der Waals surface area (Å²) in [6.45, 7) is 0.256. The van der Waals surface area contributed by atoms with Crippen molar-refractivity contribution in [3.63, 3.8) is 0 Å². The summed E-state index contributed by atoms with van der Waals surface area (Å²) in [5.41, 5.74) is 14.1.